The van der Waals surface area contributed by atoms with Gasteiger partial charge in [0.05, 0.1) is 17.7 Å². The summed E-state index contributed by atoms with van der Waals surface area (Å²) in [5.41, 5.74) is 0.300. The summed E-state index contributed by atoms with van der Waals surface area (Å²) in [5, 5.41) is 0.353. The van der Waals surface area contributed by atoms with Crippen LogP contribution in [0.1, 0.15) is 32.3 Å². The molecule has 0 spiro atoms. The molecule has 0 unspecified atom stereocenters. The van der Waals surface area contributed by atoms with E-state index in [4.69, 9.17) is 4.74 Å². The first-order chi connectivity index (χ1) is 15.2. The quantitative estimate of drug-likeness (QED) is 0.612. The summed E-state index contributed by atoms with van der Waals surface area (Å²) in [6.45, 7) is 7.78. The molecule has 2 aromatic heterocycles. The van der Waals surface area contributed by atoms with Gasteiger partial charge in [-0.2, -0.15) is 0 Å². The number of ether oxygens (including phenoxy) is 1. The van der Waals surface area contributed by atoms with E-state index in [-0.39, 0.29) is 23.7 Å². The summed E-state index contributed by atoms with van der Waals surface area (Å²) >= 11 is 1.29. The lowest BCUT2D eigenvalue weighted by Gasteiger charge is -2.34. The normalized spacial score (nSPS) is 14.3. The van der Waals surface area contributed by atoms with Gasteiger partial charge < -0.3 is 14.5 Å². The summed E-state index contributed by atoms with van der Waals surface area (Å²) in [6, 6.07) is 0. The van der Waals surface area contributed by atoms with Crippen LogP contribution in [0.25, 0.3) is 11.0 Å². The Bertz CT molecular complexity index is 1150. The highest BCUT2D eigenvalue weighted by Gasteiger charge is 2.26. The number of aromatic nitrogens is 3. The summed E-state index contributed by atoms with van der Waals surface area (Å²) < 4.78 is 7.43. The fourth-order valence-corrected chi connectivity index (χ4v) is 4.89. The molecule has 174 valence electrons. The Balaban J connectivity index is 1.84. The largest absolute Gasteiger partial charge is 0.450 e. The third kappa shape index (κ3) is 4.52. The molecule has 0 saturated carbocycles. The Kier molecular flexibility index (Phi) is 7.27. The van der Waals surface area contributed by atoms with Crippen molar-refractivity contribution >= 4 is 34.8 Å². The third-order valence-electron chi connectivity index (χ3n) is 5.57. The molecule has 3 heterocycles. The Labute approximate surface area is 190 Å². The van der Waals surface area contributed by atoms with Gasteiger partial charge in [0.15, 0.2) is 0 Å². The summed E-state index contributed by atoms with van der Waals surface area (Å²) in [7, 11) is 3.02. The van der Waals surface area contributed by atoms with Crippen LogP contribution in [0.15, 0.2) is 20.7 Å². The van der Waals surface area contributed by atoms with Crippen LogP contribution in [-0.4, -0.2) is 74.5 Å². The predicted molar refractivity (Wildman–Crippen MR) is 122 cm³/mol. The highest BCUT2D eigenvalue weighted by atomic mass is 32.2. The highest BCUT2D eigenvalue weighted by molar-refractivity contribution is 8.00. The van der Waals surface area contributed by atoms with Crippen LogP contribution in [0.4, 0.5) is 4.79 Å². The lowest BCUT2D eigenvalue weighted by Crippen LogP contribution is -2.51. The van der Waals surface area contributed by atoms with Crippen molar-refractivity contribution in [2.24, 2.45) is 14.1 Å². The number of hydrogen-bond acceptors (Lipinski definition) is 7. The number of fused-ring (bicyclic) bond motifs is 1. The zero-order valence-corrected chi connectivity index (χ0v) is 19.9. The molecule has 32 heavy (non-hydrogen) atoms. The van der Waals surface area contributed by atoms with Gasteiger partial charge in [-0.15, -0.1) is 11.8 Å². The lowest BCUT2D eigenvalue weighted by atomic mass is 10.0. The molecule has 3 rings (SSSR count). The minimum atomic E-state index is -0.446. The van der Waals surface area contributed by atoms with E-state index in [1.165, 1.54) is 23.4 Å². The molecule has 2 amide bonds. The number of piperazine rings is 1. The SMILES string of the molecule is CCOC(=O)N1CCN(C(=O)CSc2c(C(C)C)cnc3c2c(=O)n(C)c(=O)n3C)CC1. The third-order valence-corrected chi connectivity index (χ3v) is 6.69. The van der Waals surface area contributed by atoms with Crippen LogP contribution in [-0.2, 0) is 23.6 Å². The van der Waals surface area contributed by atoms with Gasteiger partial charge in [-0.3, -0.25) is 18.7 Å². The first-order valence-corrected chi connectivity index (χ1v) is 11.6. The standard InChI is InChI=1S/C21H29N5O5S/c1-6-31-21(30)26-9-7-25(8-10-26)15(27)12-32-17-14(13(2)3)11-22-18-16(17)19(28)24(5)20(29)23(18)4/h11,13H,6-10,12H2,1-5H3. The molecule has 1 saturated heterocycles. The topological polar surface area (TPSA) is 107 Å². The molecular formula is C21H29N5O5S. The second-order valence-electron chi connectivity index (χ2n) is 7.96. The molecule has 1 fully saturated rings. The van der Waals surface area contributed by atoms with Crippen molar-refractivity contribution < 1.29 is 14.3 Å². The summed E-state index contributed by atoms with van der Waals surface area (Å²) in [5.74, 6) is 0.156. The molecule has 0 atom stereocenters. The van der Waals surface area contributed by atoms with Crippen LogP contribution in [0.3, 0.4) is 0 Å². The number of thioether (sulfide) groups is 1. The van der Waals surface area contributed by atoms with E-state index in [1.54, 1.807) is 30.0 Å². The van der Waals surface area contributed by atoms with Crippen molar-refractivity contribution in [3.63, 3.8) is 0 Å². The highest BCUT2D eigenvalue weighted by Crippen LogP contribution is 2.32. The van der Waals surface area contributed by atoms with Crippen molar-refractivity contribution in [1.29, 1.82) is 0 Å². The number of rotatable bonds is 5. The molecule has 10 nitrogen and oxygen atoms in total. The first-order valence-electron chi connectivity index (χ1n) is 10.6. The molecule has 1 aliphatic heterocycles. The van der Waals surface area contributed by atoms with Crippen LogP contribution >= 0.6 is 11.8 Å². The maximum Gasteiger partial charge on any atom is 0.409 e. The number of hydrogen-bond donors (Lipinski definition) is 0. The maximum absolute atomic E-state index is 12.9. The van der Waals surface area contributed by atoms with Crippen LogP contribution in [0.2, 0.25) is 0 Å². The summed E-state index contributed by atoms with van der Waals surface area (Å²) in [6.07, 6.45) is 1.32. The van der Waals surface area contributed by atoms with Crippen molar-refractivity contribution in [3.05, 3.63) is 32.6 Å². The zero-order valence-electron chi connectivity index (χ0n) is 19.1. The Morgan fingerprint density at radius 1 is 1.09 bits per heavy atom. The monoisotopic (exact) mass is 463 g/mol. The molecule has 0 N–H and O–H groups in total. The predicted octanol–water partition coefficient (Wildman–Crippen LogP) is 1.15. The fraction of sp³-hybridized carbons (Fsp3) is 0.571. The van der Waals surface area contributed by atoms with Gasteiger partial charge >= 0.3 is 11.8 Å². The van der Waals surface area contributed by atoms with Crippen LogP contribution in [0, 0.1) is 0 Å². The van der Waals surface area contributed by atoms with Gasteiger partial charge in [0.25, 0.3) is 5.56 Å². The van der Waals surface area contributed by atoms with Crippen LogP contribution < -0.4 is 11.2 Å². The number of nitrogens with zero attached hydrogens (tertiary/aromatic N) is 5. The van der Waals surface area contributed by atoms with Gasteiger partial charge in [0.1, 0.15) is 5.65 Å². The van der Waals surface area contributed by atoms with Crippen molar-refractivity contribution in [2.45, 2.75) is 31.6 Å². The zero-order chi connectivity index (χ0) is 23.6. The van der Waals surface area contributed by atoms with Crippen molar-refractivity contribution in [2.75, 3.05) is 38.5 Å². The average molecular weight is 464 g/mol. The van der Waals surface area contributed by atoms with E-state index >= 15 is 0 Å². The number of aryl methyl sites for hydroxylation is 1. The van der Waals surface area contributed by atoms with Crippen LogP contribution in [0.5, 0.6) is 0 Å². The van der Waals surface area contributed by atoms with Gasteiger partial charge in [-0.25, -0.2) is 14.6 Å². The van der Waals surface area contributed by atoms with Gasteiger partial charge in [-0.05, 0) is 18.4 Å². The average Bonchev–Trinajstić information content (AvgIpc) is 2.79. The number of carbonyl (C=O) groups excluding carboxylic acids is 2. The molecule has 0 aromatic carbocycles. The molecule has 2 aromatic rings. The number of carbonyl (C=O) groups is 2. The second kappa shape index (κ2) is 9.76. The molecule has 0 aliphatic carbocycles. The van der Waals surface area contributed by atoms with Crippen molar-refractivity contribution in [3.8, 4) is 0 Å². The molecule has 0 radical (unpaired) electrons. The lowest BCUT2D eigenvalue weighted by molar-refractivity contribution is -0.129. The minimum Gasteiger partial charge on any atom is -0.450 e. The van der Waals surface area contributed by atoms with E-state index in [0.29, 0.717) is 48.7 Å². The Morgan fingerprint density at radius 3 is 2.31 bits per heavy atom. The molecular weight excluding hydrogens is 434 g/mol. The van der Waals surface area contributed by atoms with E-state index in [0.717, 1.165) is 10.1 Å². The Hall–Kier alpha value is -2.82. The minimum absolute atomic E-state index is 0.0696. The summed E-state index contributed by atoms with van der Waals surface area (Å²) in [4.78, 5) is 58.4. The fourth-order valence-electron chi connectivity index (χ4n) is 3.66. The maximum atomic E-state index is 12.9. The van der Waals surface area contributed by atoms with Gasteiger partial charge in [-0.1, -0.05) is 13.8 Å². The molecule has 11 heteroatoms. The number of pyridine rings is 1. The van der Waals surface area contributed by atoms with E-state index in [9.17, 15) is 19.2 Å². The van der Waals surface area contributed by atoms with E-state index in [1.807, 2.05) is 13.8 Å². The van der Waals surface area contributed by atoms with E-state index in [2.05, 4.69) is 4.98 Å². The van der Waals surface area contributed by atoms with E-state index < -0.39 is 11.2 Å². The number of amides is 2. The first kappa shape index (κ1) is 23.8. The molecule has 1 aliphatic rings. The second-order valence-corrected chi connectivity index (χ2v) is 8.94. The van der Waals surface area contributed by atoms with Gasteiger partial charge in [0.2, 0.25) is 5.91 Å². The molecule has 0 bridgehead atoms. The van der Waals surface area contributed by atoms with Crippen molar-refractivity contribution in [1.82, 2.24) is 23.9 Å². The van der Waals surface area contributed by atoms with Gasteiger partial charge in [0, 0.05) is 51.4 Å². The Morgan fingerprint density at radius 2 is 1.72 bits per heavy atom. The smallest absolute Gasteiger partial charge is 0.409 e.